The Bertz CT molecular complexity index is 529. The summed E-state index contributed by atoms with van der Waals surface area (Å²) in [5.41, 5.74) is -0.0703. The molecule has 0 spiro atoms. The van der Waals surface area contributed by atoms with Crippen molar-refractivity contribution in [3.8, 4) is 0 Å². The lowest BCUT2D eigenvalue weighted by molar-refractivity contribution is -0.144. The van der Waals surface area contributed by atoms with E-state index < -0.39 is 0 Å². The molecule has 1 aromatic rings. The molecule has 22 heavy (non-hydrogen) atoms. The Morgan fingerprint density at radius 3 is 2.45 bits per heavy atom. The van der Waals surface area contributed by atoms with E-state index in [1.165, 1.54) is 0 Å². The zero-order chi connectivity index (χ0) is 15.2. The number of likely N-dealkylation sites (tertiary alicyclic amines) is 1. The van der Waals surface area contributed by atoms with E-state index in [0.717, 1.165) is 64.5 Å². The number of piperidine rings is 1. The average molecular weight is 305 g/mol. The van der Waals surface area contributed by atoms with Gasteiger partial charge in [-0.3, -0.25) is 14.6 Å². The molecular weight excluding hydrogens is 282 g/mol. The molecule has 5 rings (SSSR count). The first-order valence-corrected chi connectivity index (χ1v) is 8.15. The largest absolute Gasteiger partial charge is 0.341 e. The number of H-pyrrole nitrogens is 1. The van der Waals surface area contributed by atoms with Crippen molar-refractivity contribution in [2.75, 3.05) is 45.8 Å². The van der Waals surface area contributed by atoms with Crippen LogP contribution in [0.15, 0.2) is 0 Å². The number of aromatic nitrogens is 4. The number of tetrazole rings is 1. The van der Waals surface area contributed by atoms with E-state index in [4.69, 9.17) is 0 Å². The van der Waals surface area contributed by atoms with Gasteiger partial charge in [0.25, 0.3) is 0 Å². The van der Waals surface area contributed by atoms with Crippen molar-refractivity contribution in [1.82, 2.24) is 35.3 Å². The Balaban J connectivity index is 1.40. The maximum atomic E-state index is 12.8. The quantitative estimate of drug-likeness (QED) is 0.761. The third-order valence-corrected chi connectivity index (χ3v) is 5.63. The van der Waals surface area contributed by atoms with Crippen molar-refractivity contribution in [3.05, 3.63) is 5.82 Å². The normalized spacial score (nSPS) is 33.9. The third-order valence-electron chi connectivity index (χ3n) is 5.63. The predicted octanol–water partition coefficient (Wildman–Crippen LogP) is -0.920. The summed E-state index contributed by atoms with van der Waals surface area (Å²) in [7, 11) is 0. The second kappa shape index (κ2) is 5.27. The van der Waals surface area contributed by atoms with Crippen LogP contribution in [0.25, 0.3) is 0 Å². The molecule has 0 saturated carbocycles. The molecule has 0 aliphatic carbocycles. The molecule has 1 atom stereocenters. The van der Waals surface area contributed by atoms with Gasteiger partial charge in [-0.1, -0.05) is 12.1 Å². The SMILES string of the molecule is CC1(c2nn[nH]n2)CCN(C(=O)C2CN3CCN2CC3)CC1. The zero-order valence-electron chi connectivity index (χ0n) is 13.0. The fourth-order valence-corrected chi connectivity index (χ4v) is 3.92. The van der Waals surface area contributed by atoms with Crippen molar-refractivity contribution in [2.45, 2.75) is 31.2 Å². The third kappa shape index (κ3) is 2.30. The number of nitrogens with zero attached hydrogens (tertiary/aromatic N) is 6. The number of hydrogen-bond acceptors (Lipinski definition) is 6. The van der Waals surface area contributed by atoms with Crippen LogP contribution in [-0.2, 0) is 10.2 Å². The molecule has 2 bridgehead atoms. The molecule has 8 heteroatoms. The van der Waals surface area contributed by atoms with Crippen LogP contribution in [0.2, 0.25) is 0 Å². The zero-order valence-corrected chi connectivity index (χ0v) is 13.0. The molecule has 1 amide bonds. The maximum absolute atomic E-state index is 12.8. The van der Waals surface area contributed by atoms with Crippen LogP contribution in [0.5, 0.6) is 0 Å². The number of piperazine rings is 3. The summed E-state index contributed by atoms with van der Waals surface area (Å²) < 4.78 is 0. The molecule has 0 aromatic carbocycles. The van der Waals surface area contributed by atoms with Gasteiger partial charge in [0.2, 0.25) is 5.91 Å². The fourth-order valence-electron chi connectivity index (χ4n) is 3.92. The number of carbonyl (C=O) groups is 1. The topological polar surface area (TPSA) is 81.2 Å². The van der Waals surface area contributed by atoms with Crippen molar-refractivity contribution < 1.29 is 4.79 Å². The Labute approximate surface area is 129 Å². The minimum Gasteiger partial charge on any atom is -0.341 e. The van der Waals surface area contributed by atoms with Gasteiger partial charge in [-0.2, -0.15) is 5.21 Å². The van der Waals surface area contributed by atoms with Gasteiger partial charge in [0.15, 0.2) is 5.82 Å². The van der Waals surface area contributed by atoms with Crippen molar-refractivity contribution in [1.29, 1.82) is 0 Å². The van der Waals surface area contributed by atoms with E-state index in [1.807, 2.05) is 4.90 Å². The standard InChI is InChI=1S/C14H23N7O/c1-14(13-15-17-18-16-13)2-4-21(5-3-14)12(22)11-10-19-6-8-20(11)9-7-19/h11H,2-10H2,1H3,(H,15,16,17,18). The minimum absolute atomic E-state index is 0.0667. The fraction of sp³-hybridized carbons (Fsp3) is 0.857. The van der Waals surface area contributed by atoms with Gasteiger partial charge in [-0.15, -0.1) is 10.2 Å². The van der Waals surface area contributed by atoms with E-state index in [0.29, 0.717) is 5.91 Å². The predicted molar refractivity (Wildman–Crippen MR) is 79.1 cm³/mol. The van der Waals surface area contributed by atoms with Crippen LogP contribution in [-0.4, -0.2) is 93.1 Å². The van der Waals surface area contributed by atoms with E-state index in [2.05, 4.69) is 37.3 Å². The lowest BCUT2D eigenvalue weighted by Gasteiger charge is -2.48. The number of rotatable bonds is 2. The highest BCUT2D eigenvalue weighted by atomic mass is 16.2. The van der Waals surface area contributed by atoms with Gasteiger partial charge < -0.3 is 4.90 Å². The molecule has 4 fully saturated rings. The van der Waals surface area contributed by atoms with Crippen LogP contribution < -0.4 is 0 Å². The number of carbonyl (C=O) groups excluding carboxylic acids is 1. The first-order valence-electron chi connectivity index (χ1n) is 8.15. The molecule has 4 aliphatic rings. The lowest BCUT2D eigenvalue weighted by Crippen LogP contribution is -2.66. The molecule has 1 N–H and O–H groups in total. The van der Waals surface area contributed by atoms with Crippen LogP contribution in [0.3, 0.4) is 0 Å². The number of amides is 1. The molecular formula is C14H23N7O. The van der Waals surface area contributed by atoms with E-state index in [1.54, 1.807) is 0 Å². The van der Waals surface area contributed by atoms with Crippen LogP contribution in [0.1, 0.15) is 25.6 Å². The van der Waals surface area contributed by atoms with Gasteiger partial charge in [-0.05, 0) is 12.8 Å². The average Bonchev–Trinajstić information content (AvgIpc) is 3.11. The molecule has 1 unspecified atom stereocenters. The Morgan fingerprint density at radius 1 is 1.18 bits per heavy atom. The van der Waals surface area contributed by atoms with E-state index >= 15 is 0 Å². The molecule has 8 nitrogen and oxygen atoms in total. The van der Waals surface area contributed by atoms with Gasteiger partial charge in [0.1, 0.15) is 6.04 Å². The Morgan fingerprint density at radius 2 is 1.91 bits per heavy atom. The molecule has 1 aromatic heterocycles. The molecule has 4 saturated heterocycles. The van der Waals surface area contributed by atoms with Crippen molar-refractivity contribution >= 4 is 5.91 Å². The summed E-state index contributed by atoms with van der Waals surface area (Å²) in [5.74, 6) is 1.07. The van der Waals surface area contributed by atoms with Gasteiger partial charge in [0, 0.05) is 51.2 Å². The van der Waals surface area contributed by atoms with E-state index in [-0.39, 0.29) is 11.5 Å². The van der Waals surface area contributed by atoms with Gasteiger partial charge >= 0.3 is 0 Å². The Hall–Kier alpha value is -1.54. The summed E-state index contributed by atoms with van der Waals surface area (Å²) in [6.07, 6.45) is 1.80. The van der Waals surface area contributed by atoms with Gasteiger partial charge in [0.05, 0.1) is 0 Å². The first kappa shape index (κ1) is 14.1. The number of aromatic amines is 1. The summed E-state index contributed by atoms with van der Waals surface area (Å²) in [6, 6.07) is 0.0667. The van der Waals surface area contributed by atoms with Crippen LogP contribution in [0, 0.1) is 0 Å². The highest BCUT2D eigenvalue weighted by Gasteiger charge is 2.41. The number of nitrogens with one attached hydrogen (secondary N) is 1. The lowest BCUT2D eigenvalue weighted by atomic mass is 9.79. The highest BCUT2D eigenvalue weighted by Crippen LogP contribution is 2.33. The second-order valence-corrected chi connectivity index (χ2v) is 6.97. The smallest absolute Gasteiger partial charge is 0.241 e. The summed E-state index contributed by atoms with van der Waals surface area (Å²) >= 11 is 0. The second-order valence-electron chi connectivity index (χ2n) is 6.97. The maximum Gasteiger partial charge on any atom is 0.241 e. The highest BCUT2D eigenvalue weighted by molar-refractivity contribution is 5.82. The molecule has 4 aliphatic heterocycles. The minimum atomic E-state index is -0.0703. The van der Waals surface area contributed by atoms with Gasteiger partial charge in [-0.25, -0.2) is 0 Å². The Kier molecular flexibility index (Phi) is 3.37. The van der Waals surface area contributed by atoms with E-state index in [9.17, 15) is 4.79 Å². The molecule has 120 valence electrons. The monoisotopic (exact) mass is 305 g/mol. The summed E-state index contributed by atoms with van der Waals surface area (Å²) in [4.78, 5) is 19.7. The summed E-state index contributed by atoms with van der Waals surface area (Å²) in [5, 5.41) is 14.5. The summed E-state index contributed by atoms with van der Waals surface area (Å²) in [6.45, 7) is 8.92. The van der Waals surface area contributed by atoms with Crippen molar-refractivity contribution in [3.63, 3.8) is 0 Å². The van der Waals surface area contributed by atoms with Crippen molar-refractivity contribution in [2.24, 2.45) is 0 Å². The first-order chi connectivity index (χ1) is 10.7. The molecule has 0 radical (unpaired) electrons. The number of hydrogen-bond donors (Lipinski definition) is 1. The number of fused-ring (bicyclic) bond motifs is 3. The van der Waals surface area contributed by atoms with Crippen LogP contribution in [0.4, 0.5) is 0 Å². The molecule has 5 heterocycles. The van der Waals surface area contributed by atoms with Crippen LogP contribution >= 0.6 is 0 Å².